The summed E-state index contributed by atoms with van der Waals surface area (Å²) in [6.45, 7) is -1.31. The number of halogens is 4. The van der Waals surface area contributed by atoms with Crippen LogP contribution in [0.3, 0.4) is 0 Å². The molecule has 2 nitrogen and oxygen atoms in total. The summed E-state index contributed by atoms with van der Waals surface area (Å²) in [5.41, 5.74) is 0. The van der Waals surface area contributed by atoms with Crippen molar-refractivity contribution in [1.29, 1.82) is 0 Å². The zero-order chi connectivity index (χ0) is 10.8. The van der Waals surface area contributed by atoms with Crippen molar-refractivity contribution in [2.75, 3.05) is 6.54 Å². The summed E-state index contributed by atoms with van der Waals surface area (Å²) < 4.78 is 35.7. The topological polar surface area (TPSA) is 29.1 Å². The summed E-state index contributed by atoms with van der Waals surface area (Å²) in [5, 5.41) is 3.40. The monoisotopic (exact) mass is 287 g/mol. The average Bonchev–Trinajstić information content (AvgIpc) is 2.46. The first-order valence-corrected chi connectivity index (χ1v) is 5.15. The van der Waals surface area contributed by atoms with E-state index in [4.69, 9.17) is 0 Å². The Morgan fingerprint density at radius 3 is 2.64 bits per heavy atom. The van der Waals surface area contributed by atoms with Crippen LogP contribution in [0.5, 0.6) is 0 Å². The molecule has 0 unspecified atom stereocenters. The van der Waals surface area contributed by atoms with E-state index in [0.29, 0.717) is 4.47 Å². The molecular weight excluding hydrogens is 283 g/mol. The number of hydrogen-bond donors (Lipinski definition) is 1. The molecule has 1 aromatic heterocycles. The second kappa shape index (κ2) is 4.31. The minimum absolute atomic E-state index is 0.245. The van der Waals surface area contributed by atoms with Crippen LogP contribution in [-0.2, 0) is 0 Å². The van der Waals surface area contributed by atoms with Crippen LogP contribution in [0.2, 0.25) is 0 Å². The largest absolute Gasteiger partial charge is 0.405 e. The highest BCUT2D eigenvalue weighted by Gasteiger charge is 2.28. The number of nitrogens with one attached hydrogen (secondary N) is 1. The molecule has 14 heavy (non-hydrogen) atoms. The first kappa shape index (κ1) is 11.5. The molecule has 1 amide bonds. The molecule has 1 heterocycles. The first-order chi connectivity index (χ1) is 6.40. The van der Waals surface area contributed by atoms with Crippen LogP contribution in [0, 0.1) is 0 Å². The van der Waals surface area contributed by atoms with E-state index in [1.54, 1.807) is 16.8 Å². The van der Waals surface area contributed by atoms with E-state index in [-0.39, 0.29) is 4.88 Å². The maximum atomic E-state index is 11.7. The van der Waals surface area contributed by atoms with E-state index in [9.17, 15) is 18.0 Å². The summed E-state index contributed by atoms with van der Waals surface area (Å²) >= 11 is 4.14. The van der Waals surface area contributed by atoms with Gasteiger partial charge in [-0.15, -0.1) is 11.3 Å². The third kappa shape index (κ3) is 3.30. The van der Waals surface area contributed by atoms with E-state index in [0.717, 1.165) is 11.3 Å². The van der Waals surface area contributed by atoms with Crippen molar-refractivity contribution in [2.45, 2.75) is 6.18 Å². The molecule has 0 atom stereocenters. The Balaban J connectivity index is 2.56. The van der Waals surface area contributed by atoms with Gasteiger partial charge < -0.3 is 5.32 Å². The fraction of sp³-hybridized carbons (Fsp3) is 0.286. The fourth-order valence-corrected chi connectivity index (χ4v) is 2.18. The molecule has 0 aromatic carbocycles. The zero-order valence-corrected chi connectivity index (χ0v) is 9.09. The standard InChI is InChI=1S/C7H5BrF3NOS/c8-4-1-2-14-5(4)6(13)12-3-7(9,10)11/h1-2H,3H2,(H,12,13). The second-order valence-electron chi connectivity index (χ2n) is 2.40. The number of alkyl halides is 3. The van der Waals surface area contributed by atoms with Crippen LogP contribution < -0.4 is 5.32 Å². The third-order valence-corrected chi connectivity index (χ3v) is 3.11. The Labute approximate surface area is 90.2 Å². The molecule has 7 heteroatoms. The lowest BCUT2D eigenvalue weighted by molar-refractivity contribution is -0.123. The van der Waals surface area contributed by atoms with Crippen molar-refractivity contribution in [2.24, 2.45) is 0 Å². The number of amides is 1. The molecule has 0 bridgehead atoms. The van der Waals surface area contributed by atoms with Crippen molar-refractivity contribution in [1.82, 2.24) is 5.32 Å². The molecule has 1 rings (SSSR count). The van der Waals surface area contributed by atoms with Gasteiger partial charge in [0.1, 0.15) is 11.4 Å². The van der Waals surface area contributed by atoms with Gasteiger partial charge in [0, 0.05) is 4.47 Å². The Morgan fingerprint density at radius 1 is 1.57 bits per heavy atom. The lowest BCUT2D eigenvalue weighted by atomic mass is 10.4. The molecule has 0 aliphatic heterocycles. The van der Waals surface area contributed by atoms with Gasteiger partial charge in [0.15, 0.2) is 0 Å². The fourth-order valence-electron chi connectivity index (χ4n) is 0.717. The van der Waals surface area contributed by atoms with Gasteiger partial charge in [-0.25, -0.2) is 0 Å². The van der Waals surface area contributed by atoms with Gasteiger partial charge in [0.05, 0.1) is 0 Å². The van der Waals surface area contributed by atoms with Crippen LogP contribution in [0.15, 0.2) is 15.9 Å². The molecule has 1 N–H and O–H groups in total. The molecule has 1 aromatic rings. The second-order valence-corrected chi connectivity index (χ2v) is 4.17. The molecule has 0 radical (unpaired) electrons. The number of carbonyl (C=O) groups is 1. The number of rotatable bonds is 2. The summed E-state index contributed by atoms with van der Waals surface area (Å²) in [6, 6.07) is 1.60. The molecule has 0 aliphatic carbocycles. The SMILES string of the molecule is O=C(NCC(F)(F)F)c1sccc1Br. The van der Waals surface area contributed by atoms with Gasteiger partial charge in [-0.1, -0.05) is 0 Å². The molecule has 0 spiro atoms. The highest BCUT2D eigenvalue weighted by molar-refractivity contribution is 9.10. The summed E-state index contributed by atoms with van der Waals surface area (Å²) in [6.07, 6.45) is -4.38. The minimum Gasteiger partial charge on any atom is -0.342 e. The van der Waals surface area contributed by atoms with Gasteiger partial charge in [0.2, 0.25) is 0 Å². The van der Waals surface area contributed by atoms with E-state index in [2.05, 4.69) is 15.9 Å². The van der Waals surface area contributed by atoms with Crippen molar-refractivity contribution < 1.29 is 18.0 Å². The molecular formula is C7H5BrF3NOS. The predicted octanol–water partition coefficient (Wildman–Crippen LogP) is 2.80. The summed E-state index contributed by atoms with van der Waals surface area (Å²) in [4.78, 5) is 11.4. The highest BCUT2D eigenvalue weighted by Crippen LogP contribution is 2.22. The van der Waals surface area contributed by atoms with Crippen LogP contribution in [0.25, 0.3) is 0 Å². The van der Waals surface area contributed by atoms with Crippen LogP contribution in [-0.4, -0.2) is 18.6 Å². The lowest BCUT2D eigenvalue weighted by Crippen LogP contribution is -2.33. The Morgan fingerprint density at radius 2 is 2.21 bits per heavy atom. The minimum atomic E-state index is -4.38. The smallest absolute Gasteiger partial charge is 0.342 e. The lowest BCUT2D eigenvalue weighted by Gasteiger charge is -2.07. The van der Waals surface area contributed by atoms with Crippen LogP contribution in [0.4, 0.5) is 13.2 Å². The maximum absolute atomic E-state index is 11.7. The number of carbonyl (C=O) groups excluding carboxylic acids is 1. The van der Waals surface area contributed by atoms with Gasteiger partial charge in [-0.05, 0) is 27.4 Å². The normalized spacial score (nSPS) is 11.4. The van der Waals surface area contributed by atoms with Gasteiger partial charge in [0.25, 0.3) is 5.91 Å². The van der Waals surface area contributed by atoms with Crippen molar-refractivity contribution in [3.63, 3.8) is 0 Å². The molecule has 0 fully saturated rings. The quantitative estimate of drug-likeness (QED) is 0.890. The maximum Gasteiger partial charge on any atom is 0.405 e. The van der Waals surface area contributed by atoms with E-state index >= 15 is 0 Å². The van der Waals surface area contributed by atoms with Crippen molar-refractivity contribution >= 4 is 33.2 Å². The Bertz CT molecular complexity index is 336. The molecule has 0 aliphatic rings. The third-order valence-electron chi connectivity index (χ3n) is 1.27. The summed E-state index contributed by atoms with van der Waals surface area (Å²) in [7, 11) is 0. The molecule has 0 saturated carbocycles. The van der Waals surface area contributed by atoms with E-state index in [1.807, 2.05) is 0 Å². The number of hydrogen-bond acceptors (Lipinski definition) is 2. The Hall–Kier alpha value is -0.560. The van der Waals surface area contributed by atoms with Crippen LogP contribution in [0.1, 0.15) is 9.67 Å². The predicted molar refractivity (Wildman–Crippen MR) is 50.4 cm³/mol. The van der Waals surface area contributed by atoms with E-state index < -0.39 is 18.6 Å². The first-order valence-electron chi connectivity index (χ1n) is 3.48. The van der Waals surface area contributed by atoms with Gasteiger partial charge in [-0.3, -0.25) is 4.79 Å². The summed E-state index contributed by atoms with van der Waals surface area (Å²) in [5.74, 6) is -0.718. The number of thiophene rings is 1. The van der Waals surface area contributed by atoms with E-state index in [1.165, 1.54) is 0 Å². The van der Waals surface area contributed by atoms with Crippen molar-refractivity contribution in [3.8, 4) is 0 Å². The van der Waals surface area contributed by atoms with Crippen LogP contribution >= 0.6 is 27.3 Å². The average molecular weight is 288 g/mol. The van der Waals surface area contributed by atoms with Crippen molar-refractivity contribution in [3.05, 3.63) is 20.8 Å². The van der Waals surface area contributed by atoms with Gasteiger partial charge in [-0.2, -0.15) is 13.2 Å². The molecule has 78 valence electrons. The Kier molecular flexibility index (Phi) is 3.54. The zero-order valence-electron chi connectivity index (χ0n) is 6.69. The molecule has 0 saturated heterocycles. The highest BCUT2D eigenvalue weighted by atomic mass is 79.9. The van der Waals surface area contributed by atoms with Gasteiger partial charge >= 0.3 is 6.18 Å².